The van der Waals surface area contributed by atoms with Crippen LogP contribution < -0.4 is 9.47 Å². The Kier molecular flexibility index (Phi) is 10.5. The lowest BCUT2D eigenvalue weighted by Crippen LogP contribution is -2.44. The number of amides is 2. The molecule has 0 saturated carbocycles. The molecule has 204 valence electrons. The third-order valence-corrected chi connectivity index (χ3v) is 6.30. The molecule has 1 aliphatic rings. The van der Waals surface area contributed by atoms with Gasteiger partial charge in [-0.25, -0.2) is 0 Å². The minimum atomic E-state index is -0.692. The van der Waals surface area contributed by atoms with Gasteiger partial charge in [0.05, 0.1) is 26.9 Å². The van der Waals surface area contributed by atoms with Crippen molar-refractivity contribution in [3.63, 3.8) is 0 Å². The fourth-order valence-electron chi connectivity index (χ4n) is 3.69. The summed E-state index contributed by atoms with van der Waals surface area (Å²) in [5.74, 6) is -0.821. The number of nitriles is 1. The second-order valence-electron chi connectivity index (χ2n) is 8.32. The Balaban J connectivity index is 1.79. The molecule has 0 atom stereocenters. The van der Waals surface area contributed by atoms with E-state index in [0.717, 1.165) is 10.5 Å². The number of esters is 1. The first-order valence-electron chi connectivity index (χ1n) is 11.8. The first kappa shape index (κ1) is 29.7. The molecule has 0 spiro atoms. The number of methoxy groups -OCH3 is 1. The number of rotatable bonds is 11. The van der Waals surface area contributed by atoms with Crippen molar-refractivity contribution in [1.29, 1.82) is 5.26 Å². The molecule has 39 heavy (non-hydrogen) atoms. The standard InChI is InChI=1S/C28H26Cl2N2O7/c1-17-22(27(34)32(28(35)23(17)15-31)8-9-37-10-11-38-18(2)33)12-19-4-7-25(26(13-19)36-3)39-16-20-5-6-21(29)14-24(20)30/h4-7,12-14H,8-11,16H2,1-3H3/b22-12+. The summed E-state index contributed by atoms with van der Waals surface area (Å²) in [6, 6.07) is 12.1. The molecule has 0 fully saturated rings. The second kappa shape index (κ2) is 13.8. The Morgan fingerprint density at radius 2 is 1.82 bits per heavy atom. The molecule has 0 bridgehead atoms. The number of carbonyl (C=O) groups excluding carboxylic acids is 3. The van der Waals surface area contributed by atoms with Crippen LogP contribution in [0.15, 0.2) is 53.1 Å². The topological polar surface area (TPSA) is 115 Å². The Bertz CT molecular complexity index is 1380. The zero-order valence-electron chi connectivity index (χ0n) is 21.6. The van der Waals surface area contributed by atoms with Gasteiger partial charge < -0.3 is 18.9 Å². The van der Waals surface area contributed by atoms with E-state index < -0.39 is 17.8 Å². The number of hydrogen-bond acceptors (Lipinski definition) is 8. The molecule has 2 aromatic rings. The Labute approximate surface area is 236 Å². The average Bonchev–Trinajstić information content (AvgIpc) is 2.90. The maximum absolute atomic E-state index is 13.2. The van der Waals surface area contributed by atoms with Gasteiger partial charge in [-0.2, -0.15) is 5.26 Å². The highest BCUT2D eigenvalue weighted by Gasteiger charge is 2.35. The molecular weight excluding hydrogens is 547 g/mol. The van der Waals surface area contributed by atoms with Gasteiger partial charge in [-0.15, -0.1) is 0 Å². The van der Waals surface area contributed by atoms with Gasteiger partial charge >= 0.3 is 5.97 Å². The van der Waals surface area contributed by atoms with Gasteiger partial charge in [-0.3, -0.25) is 19.3 Å². The van der Waals surface area contributed by atoms with Gasteiger partial charge in [0.2, 0.25) is 0 Å². The third kappa shape index (κ3) is 7.60. The molecule has 0 radical (unpaired) electrons. The van der Waals surface area contributed by atoms with Gasteiger partial charge in [0, 0.05) is 28.1 Å². The van der Waals surface area contributed by atoms with Crippen LogP contribution in [0, 0.1) is 11.3 Å². The Morgan fingerprint density at radius 3 is 2.49 bits per heavy atom. The van der Waals surface area contributed by atoms with Gasteiger partial charge in [0.1, 0.15) is 24.9 Å². The first-order valence-corrected chi connectivity index (χ1v) is 12.6. The fourth-order valence-corrected chi connectivity index (χ4v) is 4.15. The molecule has 3 rings (SSSR count). The number of hydrogen-bond donors (Lipinski definition) is 0. The summed E-state index contributed by atoms with van der Waals surface area (Å²) >= 11 is 12.2. The molecule has 0 saturated heterocycles. The minimum Gasteiger partial charge on any atom is -0.493 e. The monoisotopic (exact) mass is 572 g/mol. The molecule has 1 heterocycles. The smallest absolute Gasteiger partial charge is 0.302 e. The van der Waals surface area contributed by atoms with Gasteiger partial charge in [-0.05, 0) is 48.4 Å². The van der Waals surface area contributed by atoms with E-state index in [2.05, 4.69) is 0 Å². The average molecular weight is 573 g/mol. The molecular formula is C28H26Cl2N2O7. The number of benzene rings is 2. The van der Waals surface area contributed by atoms with Crippen LogP contribution in [0.1, 0.15) is 25.0 Å². The van der Waals surface area contributed by atoms with Crippen molar-refractivity contribution in [3.8, 4) is 17.6 Å². The van der Waals surface area contributed by atoms with Crippen molar-refractivity contribution in [3.05, 3.63) is 74.3 Å². The number of nitrogens with zero attached hydrogens (tertiary/aromatic N) is 2. The third-order valence-electron chi connectivity index (χ3n) is 5.71. The summed E-state index contributed by atoms with van der Waals surface area (Å²) in [7, 11) is 1.49. The summed E-state index contributed by atoms with van der Waals surface area (Å²) in [5, 5.41) is 10.6. The quantitative estimate of drug-likeness (QED) is 0.164. The van der Waals surface area contributed by atoms with Crippen molar-refractivity contribution in [2.24, 2.45) is 0 Å². The van der Waals surface area contributed by atoms with Crippen LogP contribution >= 0.6 is 23.2 Å². The van der Waals surface area contributed by atoms with E-state index in [4.69, 9.17) is 42.1 Å². The maximum atomic E-state index is 13.2. The van der Waals surface area contributed by atoms with E-state index in [9.17, 15) is 19.6 Å². The van der Waals surface area contributed by atoms with Gasteiger partial charge in [0.15, 0.2) is 11.5 Å². The van der Waals surface area contributed by atoms with Crippen LogP contribution in [0.4, 0.5) is 0 Å². The summed E-state index contributed by atoms with van der Waals surface area (Å²) in [6.07, 6.45) is 1.58. The number of carbonyl (C=O) groups is 3. The van der Waals surface area contributed by atoms with E-state index in [-0.39, 0.29) is 49.7 Å². The first-order chi connectivity index (χ1) is 18.7. The highest BCUT2D eigenvalue weighted by atomic mass is 35.5. The molecule has 9 nitrogen and oxygen atoms in total. The molecule has 0 unspecified atom stereocenters. The number of halogens is 2. The van der Waals surface area contributed by atoms with Crippen molar-refractivity contribution in [2.75, 3.05) is 33.5 Å². The van der Waals surface area contributed by atoms with Crippen molar-refractivity contribution in [2.45, 2.75) is 20.5 Å². The molecule has 0 N–H and O–H groups in total. The summed E-state index contributed by atoms with van der Waals surface area (Å²) in [4.78, 5) is 37.8. The van der Waals surface area contributed by atoms with E-state index in [1.54, 1.807) is 49.4 Å². The van der Waals surface area contributed by atoms with Crippen LogP contribution in [0.3, 0.4) is 0 Å². The predicted octanol–water partition coefficient (Wildman–Crippen LogP) is 4.75. The zero-order valence-corrected chi connectivity index (χ0v) is 23.1. The molecule has 11 heteroatoms. The van der Waals surface area contributed by atoms with Crippen LogP contribution in [0.5, 0.6) is 11.5 Å². The number of imide groups is 1. The second-order valence-corrected chi connectivity index (χ2v) is 9.16. The van der Waals surface area contributed by atoms with Crippen LogP contribution in [0.25, 0.3) is 6.08 Å². The SMILES string of the molecule is COc1cc(/C=C2/C(=O)N(CCOCCOC(C)=O)C(=O)C(C#N)=C2C)ccc1OCc1ccc(Cl)cc1Cl. The lowest BCUT2D eigenvalue weighted by molar-refractivity contribution is -0.142. The van der Waals surface area contributed by atoms with E-state index in [1.165, 1.54) is 14.0 Å². The van der Waals surface area contributed by atoms with E-state index in [1.807, 2.05) is 6.07 Å². The van der Waals surface area contributed by atoms with Gasteiger partial charge in [-0.1, -0.05) is 35.3 Å². The zero-order chi connectivity index (χ0) is 28.5. The maximum Gasteiger partial charge on any atom is 0.302 e. The van der Waals surface area contributed by atoms with Gasteiger partial charge in [0.25, 0.3) is 11.8 Å². The molecule has 0 aliphatic carbocycles. The van der Waals surface area contributed by atoms with E-state index in [0.29, 0.717) is 27.1 Å². The normalized spacial score (nSPS) is 14.5. The highest BCUT2D eigenvalue weighted by Crippen LogP contribution is 2.33. The summed E-state index contributed by atoms with van der Waals surface area (Å²) in [6.45, 7) is 3.12. The van der Waals surface area contributed by atoms with Crippen LogP contribution in [0.2, 0.25) is 10.0 Å². The minimum absolute atomic E-state index is 0.0152. The Hall–Kier alpha value is -3.84. The lowest BCUT2D eigenvalue weighted by Gasteiger charge is -2.27. The van der Waals surface area contributed by atoms with Crippen LogP contribution in [-0.2, 0) is 30.5 Å². The summed E-state index contributed by atoms with van der Waals surface area (Å²) in [5.41, 5.74) is 1.67. The van der Waals surface area contributed by atoms with Crippen molar-refractivity contribution >= 4 is 47.1 Å². The van der Waals surface area contributed by atoms with E-state index >= 15 is 0 Å². The van der Waals surface area contributed by atoms with Crippen LogP contribution in [-0.4, -0.2) is 56.2 Å². The van der Waals surface area contributed by atoms with Crippen molar-refractivity contribution < 1.29 is 33.3 Å². The molecule has 1 aliphatic heterocycles. The summed E-state index contributed by atoms with van der Waals surface area (Å²) < 4.78 is 21.5. The molecule has 0 aromatic heterocycles. The van der Waals surface area contributed by atoms with Crippen molar-refractivity contribution in [1.82, 2.24) is 4.90 Å². The fraction of sp³-hybridized carbons (Fsp3) is 0.286. The lowest BCUT2D eigenvalue weighted by atomic mass is 9.93. The Morgan fingerprint density at radius 1 is 1.05 bits per heavy atom. The largest absolute Gasteiger partial charge is 0.493 e. The molecule has 2 amide bonds. The number of ether oxygens (including phenoxy) is 4. The molecule has 2 aromatic carbocycles. The predicted molar refractivity (Wildman–Crippen MR) is 144 cm³/mol. The highest BCUT2D eigenvalue weighted by molar-refractivity contribution is 6.35.